The van der Waals surface area contributed by atoms with Crippen molar-refractivity contribution in [2.24, 2.45) is 5.92 Å². The predicted molar refractivity (Wildman–Crippen MR) is 76.8 cm³/mol. The van der Waals surface area contributed by atoms with E-state index < -0.39 is 12.6 Å². The Morgan fingerprint density at radius 2 is 1.95 bits per heavy atom. The average molecular weight is 294 g/mol. The van der Waals surface area contributed by atoms with Gasteiger partial charge in [-0.1, -0.05) is 27.2 Å². The van der Waals surface area contributed by atoms with E-state index in [4.69, 9.17) is 0 Å². The highest BCUT2D eigenvalue weighted by Gasteiger charge is 2.29. The van der Waals surface area contributed by atoms with Crippen LogP contribution in [0.15, 0.2) is 0 Å². The van der Waals surface area contributed by atoms with E-state index in [0.717, 1.165) is 32.5 Å². The van der Waals surface area contributed by atoms with Crippen LogP contribution in [0.2, 0.25) is 0 Å². The van der Waals surface area contributed by atoms with Crippen LogP contribution < -0.4 is 5.32 Å². The van der Waals surface area contributed by atoms with Gasteiger partial charge < -0.3 is 5.32 Å². The zero-order valence-corrected chi connectivity index (χ0v) is 13.0. The summed E-state index contributed by atoms with van der Waals surface area (Å²) in [5, 5.41) is 3.59. The van der Waals surface area contributed by atoms with Gasteiger partial charge in [-0.15, -0.1) is 0 Å². The molecular weight excluding hydrogens is 265 g/mol. The fourth-order valence-electron chi connectivity index (χ4n) is 2.87. The molecule has 1 N–H and O–H groups in total. The van der Waals surface area contributed by atoms with E-state index in [2.05, 4.69) is 31.0 Å². The van der Waals surface area contributed by atoms with Gasteiger partial charge in [0.1, 0.15) is 0 Å². The van der Waals surface area contributed by atoms with Crippen LogP contribution in [0.5, 0.6) is 0 Å². The number of rotatable bonds is 7. The molecule has 3 unspecified atom stereocenters. The van der Waals surface area contributed by atoms with Crippen LogP contribution in [0.3, 0.4) is 0 Å². The number of halogens is 3. The Balaban J connectivity index is 2.38. The summed E-state index contributed by atoms with van der Waals surface area (Å²) < 4.78 is 36.5. The van der Waals surface area contributed by atoms with Gasteiger partial charge in [0, 0.05) is 31.6 Å². The van der Waals surface area contributed by atoms with Crippen molar-refractivity contribution in [1.82, 2.24) is 10.2 Å². The second-order valence-corrected chi connectivity index (χ2v) is 6.03. The van der Waals surface area contributed by atoms with Crippen molar-refractivity contribution in [2.45, 2.75) is 71.1 Å². The number of unbranched alkanes of at least 4 members (excludes halogenated alkanes) is 1. The molecule has 0 amide bonds. The first-order chi connectivity index (χ1) is 9.37. The van der Waals surface area contributed by atoms with Gasteiger partial charge in [-0.3, -0.25) is 4.90 Å². The van der Waals surface area contributed by atoms with Crippen molar-refractivity contribution in [3.05, 3.63) is 0 Å². The van der Waals surface area contributed by atoms with E-state index in [1.54, 1.807) is 0 Å². The van der Waals surface area contributed by atoms with Crippen molar-refractivity contribution >= 4 is 0 Å². The second kappa shape index (κ2) is 8.23. The van der Waals surface area contributed by atoms with E-state index in [-0.39, 0.29) is 6.42 Å². The molecule has 0 aromatic rings. The Kier molecular flexibility index (Phi) is 7.30. The molecule has 1 saturated heterocycles. The Hall–Kier alpha value is -0.290. The topological polar surface area (TPSA) is 15.3 Å². The Morgan fingerprint density at radius 3 is 2.50 bits per heavy atom. The highest BCUT2D eigenvalue weighted by atomic mass is 19.4. The number of hydrogen-bond donors (Lipinski definition) is 1. The largest absolute Gasteiger partial charge is 0.389 e. The minimum atomic E-state index is -4.01. The lowest BCUT2D eigenvalue weighted by Crippen LogP contribution is -2.58. The third kappa shape index (κ3) is 6.00. The van der Waals surface area contributed by atoms with Crippen LogP contribution in [-0.2, 0) is 0 Å². The molecule has 1 aliphatic heterocycles. The van der Waals surface area contributed by atoms with Gasteiger partial charge in [-0.25, -0.2) is 0 Å². The van der Waals surface area contributed by atoms with Crippen LogP contribution in [0.1, 0.15) is 52.9 Å². The smallest absolute Gasteiger partial charge is 0.311 e. The maximum Gasteiger partial charge on any atom is 0.389 e. The van der Waals surface area contributed by atoms with Crippen LogP contribution in [0.4, 0.5) is 13.2 Å². The van der Waals surface area contributed by atoms with Gasteiger partial charge in [0.15, 0.2) is 0 Å². The lowest BCUT2D eigenvalue weighted by atomic mass is 9.94. The maximum absolute atomic E-state index is 12.2. The second-order valence-electron chi connectivity index (χ2n) is 6.03. The molecule has 1 heterocycles. The fraction of sp³-hybridized carbons (Fsp3) is 1.00. The first-order valence-corrected chi connectivity index (χ1v) is 7.91. The molecule has 0 aromatic carbocycles. The SMILES string of the molecule is CCC(C)C1CN(CCCCC(F)(F)F)C(CC)CN1. The lowest BCUT2D eigenvalue weighted by molar-refractivity contribution is -0.135. The molecule has 0 spiro atoms. The first kappa shape index (κ1) is 17.8. The van der Waals surface area contributed by atoms with Crippen molar-refractivity contribution in [1.29, 1.82) is 0 Å². The molecule has 1 fully saturated rings. The summed E-state index contributed by atoms with van der Waals surface area (Å²) in [6.45, 7) is 9.31. The lowest BCUT2D eigenvalue weighted by Gasteiger charge is -2.42. The molecule has 3 atom stereocenters. The highest BCUT2D eigenvalue weighted by molar-refractivity contribution is 4.87. The van der Waals surface area contributed by atoms with Gasteiger partial charge in [0.25, 0.3) is 0 Å². The summed E-state index contributed by atoms with van der Waals surface area (Å²) in [6.07, 6.45) is -1.57. The molecule has 0 radical (unpaired) electrons. The zero-order chi connectivity index (χ0) is 15.2. The number of nitrogens with one attached hydrogen (secondary N) is 1. The van der Waals surface area contributed by atoms with Crippen molar-refractivity contribution in [3.63, 3.8) is 0 Å². The third-order valence-electron chi connectivity index (χ3n) is 4.52. The summed E-state index contributed by atoms with van der Waals surface area (Å²) in [7, 11) is 0. The molecule has 0 aromatic heterocycles. The standard InChI is InChI=1S/C15H29F3N2/c1-4-12(3)14-11-20(13(5-2)10-19-14)9-7-6-8-15(16,17)18/h12-14,19H,4-11H2,1-3H3. The molecule has 1 rings (SSSR count). The van der Waals surface area contributed by atoms with Gasteiger partial charge in [0.05, 0.1) is 0 Å². The molecule has 1 aliphatic rings. The number of piperazine rings is 1. The molecule has 5 heteroatoms. The molecule has 0 bridgehead atoms. The van der Waals surface area contributed by atoms with Crippen molar-refractivity contribution < 1.29 is 13.2 Å². The molecule has 120 valence electrons. The van der Waals surface area contributed by atoms with Gasteiger partial charge in [-0.05, 0) is 31.7 Å². The van der Waals surface area contributed by atoms with Crippen LogP contribution in [0, 0.1) is 5.92 Å². The van der Waals surface area contributed by atoms with E-state index >= 15 is 0 Å². The fourth-order valence-corrected chi connectivity index (χ4v) is 2.87. The van der Waals surface area contributed by atoms with Gasteiger partial charge in [-0.2, -0.15) is 13.2 Å². The summed E-state index contributed by atoms with van der Waals surface area (Å²) in [5.41, 5.74) is 0. The van der Waals surface area contributed by atoms with E-state index in [0.29, 0.717) is 24.4 Å². The first-order valence-electron chi connectivity index (χ1n) is 7.91. The Labute approximate surface area is 121 Å². The van der Waals surface area contributed by atoms with Crippen molar-refractivity contribution in [2.75, 3.05) is 19.6 Å². The molecular formula is C15H29F3N2. The average Bonchev–Trinajstić information content (AvgIpc) is 2.41. The van der Waals surface area contributed by atoms with E-state index in [9.17, 15) is 13.2 Å². The molecule has 0 saturated carbocycles. The van der Waals surface area contributed by atoms with Crippen molar-refractivity contribution in [3.8, 4) is 0 Å². The minimum absolute atomic E-state index is 0.248. The quantitative estimate of drug-likeness (QED) is 0.718. The maximum atomic E-state index is 12.2. The normalized spacial score (nSPS) is 26.7. The van der Waals surface area contributed by atoms with Crippen LogP contribution >= 0.6 is 0 Å². The monoisotopic (exact) mass is 294 g/mol. The highest BCUT2D eigenvalue weighted by Crippen LogP contribution is 2.23. The van der Waals surface area contributed by atoms with E-state index in [1.807, 2.05) is 0 Å². The summed E-state index contributed by atoms with van der Waals surface area (Å²) in [6, 6.07) is 0.951. The summed E-state index contributed by atoms with van der Waals surface area (Å²) in [4.78, 5) is 2.39. The minimum Gasteiger partial charge on any atom is -0.311 e. The third-order valence-corrected chi connectivity index (χ3v) is 4.52. The summed E-state index contributed by atoms with van der Waals surface area (Å²) >= 11 is 0. The molecule has 0 aliphatic carbocycles. The zero-order valence-electron chi connectivity index (χ0n) is 13.0. The number of nitrogens with zero attached hydrogens (tertiary/aromatic N) is 1. The molecule has 2 nitrogen and oxygen atoms in total. The summed E-state index contributed by atoms with van der Waals surface area (Å²) in [5.74, 6) is 0.616. The van der Waals surface area contributed by atoms with Gasteiger partial charge >= 0.3 is 6.18 Å². The van der Waals surface area contributed by atoms with E-state index in [1.165, 1.54) is 0 Å². The molecule has 20 heavy (non-hydrogen) atoms. The predicted octanol–water partition coefficient (Wildman–Crippen LogP) is 3.82. The Morgan fingerprint density at radius 1 is 1.25 bits per heavy atom. The number of alkyl halides is 3. The van der Waals surface area contributed by atoms with Gasteiger partial charge in [0.2, 0.25) is 0 Å². The number of hydrogen-bond acceptors (Lipinski definition) is 2. The van der Waals surface area contributed by atoms with Crippen LogP contribution in [0.25, 0.3) is 0 Å². The Bertz CT molecular complexity index is 268. The van der Waals surface area contributed by atoms with Crippen LogP contribution in [-0.4, -0.2) is 42.8 Å².